The highest BCUT2D eigenvalue weighted by molar-refractivity contribution is 14.1. The number of esters is 1. The standard InChI is InChI=1S/C17H13F3INO6S/c18-17(19,20)14(9-29(25,26)27)22-15(23)12-7-6-11(21)8-13(12)28-16(24)10-4-2-1-3-5-10/h1-8,14H,9H2,(H,22,23)(H,25,26,27). The Morgan fingerprint density at radius 1 is 1.14 bits per heavy atom. The number of carbonyl (C=O) groups excluding carboxylic acids is 2. The summed E-state index contributed by atoms with van der Waals surface area (Å²) in [5.74, 6) is -4.24. The topological polar surface area (TPSA) is 110 Å². The first-order valence-electron chi connectivity index (χ1n) is 7.76. The van der Waals surface area contributed by atoms with Gasteiger partial charge in [0.05, 0.1) is 11.1 Å². The zero-order valence-electron chi connectivity index (χ0n) is 14.3. The summed E-state index contributed by atoms with van der Waals surface area (Å²) in [5.41, 5.74) is -0.267. The van der Waals surface area contributed by atoms with Crippen molar-refractivity contribution in [3.05, 3.63) is 63.2 Å². The van der Waals surface area contributed by atoms with Crippen molar-refractivity contribution in [1.29, 1.82) is 0 Å². The molecule has 0 bridgehead atoms. The molecule has 0 heterocycles. The van der Waals surface area contributed by atoms with Gasteiger partial charge in [-0.05, 0) is 52.9 Å². The van der Waals surface area contributed by atoms with Gasteiger partial charge < -0.3 is 10.1 Å². The van der Waals surface area contributed by atoms with Gasteiger partial charge in [-0.3, -0.25) is 9.35 Å². The van der Waals surface area contributed by atoms with E-state index in [1.54, 1.807) is 18.2 Å². The maximum atomic E-state index is 13.0. The number of carbonyl (C=O) groups is 2. The fourth-order valence-corrected chi connectivity index (χ4v) is 3.32. The van der Waals surface area contributed by atoms with Crippen molar-refractivity contribution < 1.29 is 40.5 Å². The van der Waals surface area contributed by atoms with E-state index in [4.69, 9.17) is 9.29 Å². The van der Waals surface area contributed by atoms with E-state index >= 15 is 0 Å². The average Bonchev–Trinajstić information content (AvgIpc) is 2.60. The third-order valence-corrected chi connectivity index (χ3v) is 4.90. The Morgan fingerprint density at radius 2 is 1.76 bits per heavy atom. The normalized spacial score (nSPS) is 12.9. The summed E-state index contributed by atoms with van der Waals surface area (Å²) in [6.45, 7) is 0. The Kier molecular flexibility index (Phi) is 7.24. The fraction of sp³-hybridized carbons (Fsp3) is 0.176. The van der Waals surface area contributed by atoms with E-state index in [-0.39, 0.29) is 11.3 Å². The Hall–Kier alpha value is -2.19. The molecule has 0 saturated carbocycles. The SMILES string of the molecule is O=C(Oc1cc(I)ccc1C(=O)NC(CS(=O)(=O)O)C(F)(F)F)c1ccccc1. The highest BCUT2D eigenvalue weighted by Gasteiger charge is 2.43. The molecule has 7 nitrogen and oxygen atoms in total. The molecule has 29 heavy (non-hydrogen) atoms. The first-order valence-corrected chi connectivity index (χ1v) is 10.4. The second-order valence-electron chi connectivity index (χ2n) is 5.71. The number of ether oxygens (including phenoxy) is 1. The van der Waals surface area contributed by atoms with Crippen LogP contribution in [-0.2, 0) is 10.1 Å². The molecule has 2 aromatic rings. The molecule has 0 saturated heterocycles. The minimum Gasteiger partial charge on any atom is -0.422 e. The summed E-state index contributed by atoms with van der Waals surface area (Å²) in [5, 5.41) is 1.51. The van der Waals surface area contributed by atoms with Crippen LogP contribution in [-0.4, -0.2) is 42.8 Å². The van der Waals surface area contributed by atoms with E-state index in [0.717, 1.165) is 6.07 Å². The van der Waals surface area contributed by atoms with Crippen molar-refractivity contribution in [1.82, 2.24) is 5.32 Å². The van der Waals surface area contributed by atoms with Gasteiger partial charge in [-0.2, -0.15) is 21.6 Å². The van der Waals surface area contributed by atoms with E-state index < -0.39 is 45.5 Å². The molecule has 156 valence electrons. The van der Waals surface area contributed by atoms with Crippen LogP contribution < -0.4 is 10.1 Å². The largest absolute Gasteiger partial charge is 0.422 e. The lowest BCUT2D eigenvalue weighted by atomic mass is 10.1. The Labute approximate surface area is 177 Å². The molecule has 0 aliphatic heterocycles. The molecule has 0 radical (unpaired) electrons. The summed E-state index contributed by atoms with van der Waals surface area (Å²) in [7, 11) is -5.03. The average molecular weight is 543 g/mol. The third-order valence-electron chi connectivity index (χ3n) is 3.48. The summed E-state index contributed by atoms with van der Waals surface area (Å²) in [6.07, 6.45) is -5.14. The summed E-state index contributed by atoms with van der Waals surface area (Å²) < 4.78 is 75.2. The first kappa shape index (κ1) is 23.1. The molecule has 12 heteroatoms. The monoisotopic (exact) mass is 543 g/mol. The number of alkyl halides is 3. The van der Waals surface area contributed by atoms with Crippen molar-refractivity contribution in [2.24, 2.45) is 0 Å². The molecule has 1 atom stereocenters. The molecule has 0 aromatic heterocycles. The summed E-state index contributed by atoms with van der Waals surface area (Å²) in [6, 6.07) is 8.62. The predicted octanol–water partition coefficient (Wildman–Crippen LogP) is 3.06. The van der Waals surface area contributed by atoms with Crippen molar-refractivity contribution in [2.45, 2.75) is 12.2 Å². The third kappa shape index (κ3) is 6.97. The van der Waals surface area contributed by atoms with Gasteiger partial charge in [-0.25, -0.2) is 4.79 Å². The van der Waals surface area contributed by atoms with Crippen molar-refractivity contribution in [2.75, 3.05) is 5.75 Å². The van der Waals surface area contributed by atoms with Crippen molar-refractivity contribution >= 4 is 44.6 Å². The van der Waals surface area contributed by atoms with Gasteiger partial charge in [-0.15, -0.1) is 0 Å². The molecule has 0 spiro atoms. The lowest BCUT2D eigenvalue weighted by molar-refractivity contribution is -0.148. The van der Waals surface area contributed by atoms with E-state index in [1.807, 2.05) is 22.6 Å². The number of hydrogen-bond donors (Lipinski definition) is 2. The van der Waals surface area contributed by atoms with E-state index in [1.165, 1.54) is 29.6 Å². The van der Waals surface area contributed by atoms with Crippen LogP contribution in [0.5, 0.6) is 5.75 Å². The second kappa shape index (κ2) is 9.09. The van der Waals surface area contributed by atoms with Gasteiger partial charge in [0.1, 0.15) is 17.5 Å². The number of rotatable bonds is 6. The molecule has 2 N–H and O–H groups in total. The number of amides is 1. The predicted molar refractivity (Wildman–Crippen MR) is 104 cm³/mol. The van der Waals surface area contributed by atoms with Crippen LogP contribution in [0.25, 0.3) is 0 Å². The van der Waals surface area contributed by atoms with Crippen LogP contribution in [0.3, 0.4) is 0 Å². The molecule has 2 rings (SSSR count). The number of halogens is 4. The highest BCUT2D eigenvalue weighted by Crippen LogP contribution is 2.25. The minimum atomic E-state index is -5.14. The van der Waals surface area contributed by atoms with Gasteiger partial charge in [0.2, 0.25) is 0 Å². The van der Waals surface area contributed by atoms with Crippen LogP contribution in [0.15, 0.2) is 48.5 Å². The number of nitrogens with one attached hydrogen (secondary N) is 1. The van der Waals surface area contributed by atoms with Gasteiger partial charge in [0.25, 0.3) is 16.0 Å². The zero-order valence-corrected chi connectivity index (χ0v) is 17.3. The van der Waals surface area contributed by atoms with Crippen LogP contribution in [0.2, 0.25) is 0 Å². The fourth-order valence-electron chi connectivity index (χ4n) is 2.17. The number of benzene rings is 2. The maximum Gasteiger partial charge on any atom is 0.409 e. The van der Waals surface area contributed by atoms with Crippen molar-refractivity contribution in [3.8, 4) is 5.75 Å². The molecule has 0 aliphatic carbocycles. The van der Waals surface area contributed by atoms with Gasteiger partial charge in [-0.1, -0.05) is 18.2 Å². The number of hydrogen-bond acceptors (Lipinski definition) is 5. The molecular weight excluding hydrogens is 530 g/mol. The first-order chi connectivity index (χ1) is 13.4. The van der Waals surface area contributed by atoms with Crippen LogP contribution in [0.4, 0.5) is 13.2 Å². The Balaban J connectivity index is 2.31. The quantitative estimate of drug-likeness (QED) is 0.251. The van der Waals surface area contributed by atoms with Gasteiger partial charge in [0.15, 0.2) is 0 Å². The molecule has 0 fully saturated rings. The smallest absolute Gasteiger partial charge is 0.409 e. The molecule has 1 unspecified atom stereocenters. The highest BCUT2D eigenvalue weighted by atomic mass is 127. The lowest BCUT2D eigenvalue weighted by Crippen LogP contribution is -2.49. The second-order valence-corrected chi connectivity index (χ2v) is 8.46. The maximum absolute atomic E-state index is 13.0. The van der Waals surface area contributed by atoms with Crippen molar-refractivity contribution in [3.63, 3.8) is 0 Å². The lowest BCUT2D eigenvalue weighted by Gasteiger charge is -2.21. The van der Waals surface area contributed by atoms with E-state index in [2.05, 4.69) is 0 Å². The van der Waals surface area contributed by atoms with E-state index in [9.17, 15) is 31.2 Å². The zero-order chi connectivity index (χ0) is 21.8. The minimum absolute atomic E-state index is 0.150. The Bertz CT molecular complexity index is 1010. The van der Waals surface area contributed by atoms with Crippen LogP contribution >= 0.6 is 22.6 Å². The summed E-state index contributed by atoms with van der Waals surface area (Å²) >= 11 is 1.85. The molecule has 0 aliphatic rings. The van der Waals surface area contributed by atoms with Crippen LogP contribution in [0.1, 0.15) is 20.7 Å². The van der Waals surface area contributed by atoms with Gasteiger partial charge >= 0.3 is 12.1 Å². The van der Waals surface area contributed by atoms with E-state index in [0.29, 0.717) is 3.57 Å². The summed E-state index contributed by atoms with van der Waals surface area (Å²) in [4.78, 5) is 24.6. The van der Waals surface area contributed by atoms with Gasteiger partial charge in [0, 0.05) is 3.57 Å². The molecule has 2 aromatic carbocycles. The molecular formula is C17H13F3INO6S. The van der Waals surface area contributed by atoms with Crippen LogP contribution in [0, 0.1) is 3.57 Å². The molecule has 1 amide bonds. The Morgan fingerprint density at radius 3 is 2.31 bits per heavy atom.